The van der Waals surface area contributed by atoms with Crippen molar-refractivity contribution < 1.29 is 34.5 Å². The Bertz CT molecular complexity index is 770. The normalized spacial score (nSPS) is 14.8. The van der Waals surface area contributed by atoms with Gasteiger partial charge >= 0.3 is 11.9 Å². The summed E-state index contributed by atoms with van der Waals surface area (Å²) in [7, 11) is 0. The molecule has 0 spiro atoms. The first-order valence-electron chi connectivity index (χ1n) is 10.5. The molecular formula is C22H33N3O7. The second-order valence-corrected chi connectivity index (χ2v) is 8.21. The van der Waals surface area contributed by atoms with E-state index in [-0.39, 0.29) is 25.2 Å². The van der Waals surface area contributed by atoms with Crippen molar-refractivity contribution in [1.29, 1.82) is 0 Å². The second kappa shape index (κ2) is 13.4. The van der Waals surface area contributed by atoms with Gasteiger partial charge in [-0.3, -0.25) is 14.4 Å². The first-order valence-corrected chi connectivity index (χ1v) is 10.5. The van der Waals surface area contributed by atoms with Gasteiger partial charge in [-0.25, -0.2) is 4.79 Å². The fourth-order valence-electron chi connectivity index (χ4n) is 3.15. The van der Waals surface area contributed by atoms with E-state index in [1.807, 2.05) is 13.8 Å². The Morgan fingerprint density at radius 1 is 1.00 bits per heavy atom. The topological polar surface area (TPSA) is 179 Å². The lowest BCUT2D eigenvalue weighted by molar-refractivity contribution is -0.143. The van der Waals surface area contributed by atoms with Crippen LogP contribution in [0.4, 0.5) is 0 Å². The van der Waals surface area contributed by atoms with Crippen LogP contribution in [0.15, 0.2) is 30.3 Å². The summed E-state index contributed by atoms with van der Waals surface area (Å²) in [5.74, 6) is -3.72. The lowest BCUT2D eigenvalue weighted by Crippen LogP contribution is -2.53. The van der Waals surface area contributed by atoms with Gasteiger partial charge in [-0.1, -0.05) is 44.2 Å². The smallest absolute Gasteiger partial charge is 0.326 e. The average molecular weight is 452 g/mol. The fourth-order valence-corrected chi connectivity index (χ4v) is 3.15. The van der Waals surface area contributed by atoms with E-state index in [9.17, 15) is 29.4 Å². The molecule has 32 heavy (non-hydrogen) atoms. The molecule has 4 unspecified atom stereocenters. The molecule has 1 rings (SSSR count). The number of carbonyl (C=O) groups excluding carboxylic acids is 2. The number of aliphatic carboxylic acids is 2. The number of amides is 2. The van der Waals surface area contributed by atoms with E-state index in [0.29, 0.717) is 12.0 Å². The van der Waals surface area contributed by atoms with Crippen LogP contribution in [0.5, 0.6) is 0 Å². The van der Waals surface area contributed by atoms with Crippen molar-refractivity contribution in [2.75, 3.05) is 0 Å². The molecule has 0 bridgehead atoms. The molecule has 1 aromatic carbocycles. The van der Waals surface area contributed by atoms with Crippen LogP contribution in [0, 0.1) is 5.92 Å². The molecule has 0 aliphatic rings. The highest BCUT2D eigenvalue weighted by molar-refractivity contribution is 5.90. The zero-order chi connectivity index (χ0) is 24.3. The van der Waals surface area contributed by atoms with Crippen molar-refractivity contribution in [2.24, 2.45) is 11.7 Å². The van der Waals surface area contributed by atoms with E-state index in [4.69, 9.17) is 10.8 Å². The van der Waals surface area contributed by atoms with Gasteiger partial charge in [0.2, 0.25) is 11.8 Å². The minimum Gasteiger partial charge on any atom is -0.481 e. The largest absolute Gasteiger partial charge is 0.481 e. The maximum atomic E-state index is 12.7. The minimum absolute atomic E-state index is 0.0181. The zero-order valence-electron chi connectivity index (χ0n) is 18.4. The molecule has 2 amide bonds. The van der Waals surface area contributed by atoms with Gasteiger partial charge in [0.15, 0.2) is 0 Å². The Morgan fingerprint density at radius 3 is 2.16 bits per heavy atom. The lowest BCUT2D eigenvalue weighted by Gasteiger charge is -2.23. The first-order chi connectivity index (χ1) is 15.0. The molecule has 1 aromatic rings. The zero-order valence-corrected chi connectivity index (χ0v) is 18.4. The summed E-state index contributed by atoms with van der Waals surface area (Å²) < 4.78 is 0. The minimum atomic E-state index is -1.27. The summed E-state index contributed by atoms with van der Waals surface area (Å²) in [5, 5.41) is 33.3. The van der Waals surface area contributed by atoms with Crippen LogP contribution in [0.25, 0.3) is 0 Å². The van der Waals surface area contributed by atoms with E-state index in [1.54, 1.807) is 30.3 Å². The summed E-state index contributed by atoms with van der Waals surface area (Å²) in [6.45, 7) is 3.85. The van der Waals surface area contributed by atoms with E-state index in [2.05, 4.69) is 10.6 Å². The lowest BCUT2D eigenvalue weighted by atomic mass is 9.98. The highest BCUT2D eigenvalue weighted by atomic mass is 16.4. The molecule has 10 nitrogen and oxygen atoms in total. The molecule has 0 heterocycles. The number of carbonyl (C=O) groups is 4. The fraction of sp³-hybridized carbons (Fsp3) is 0.545. The molecule has 0 saturated heterocycles. The van der Waals surface area contributed by atoms with Crippen molar-refractivity contribution in [3.63, 3.8) is 0 Å². The standard InChI is InChI=1S/C22H33N3O7/c1-13(2)10-15(23)18(26)12-19(27)24-16(8-9-20(28)29)21(30)25-17(22(31)32)11-14-6-4-3-5-7-14/h3-7,13,15-18,26H,8-12,23H2,1-2H3,(H,24,27)(H,25,30)(H,28,29)(H,31,32). The monoisotopic (exact) mass is 451 g/mol. The molecule has 0 fully saturated rings. The predicted octanol–water partition coefficient (Wildman–Crippen LogP) is 0.273. The Morgan fingerprint density at radius 2 is 1.62 bits per heavy atom. The van der Waals surface area contributed by atoms with Gasteiger partial charge in [-0.2, -0.15) is 0 Å². The molecule has 7 N–H and O–H groups in total. The molecule has 0 radical (unpaired) electrons. The van der Waals surface area contributed by atoms with E-state index >= 15 is 0 Å². The maximum absolute atomic E-state index is 12.7. The third kappa shape index (κ3) is 10.4. The Balaban J connectivity index is 2.82. The van der Waals surface area contributed by atoms with Crippen LogP contribution >= 0.6 is 0 Å². The van der Waals surface area contributed by atoms with Gasteiger partial charge in [-0.05, 0) is 24.3 Å². The number of carboxylic acid groups (broad SMARTS) is 2. The van der Waals surface area contributed by atoms with Crippen LogP contribution in [-0.4, -0.2) is 63.3 Å². The molecule has 0 aromatic heterocycles. The van der Waals surface area contributed by atoms with Crippen molar-refractivity contribution in [1.82, 2.24) is 10.6 Å². The second-order valence-electron chi connectivity index (χ2n) is 8.21. The SMILES string of the molecule is CC(C)CC(N)C(O)CC(=O)NC(CCC(=O)O)C(=O)NC(Cc1ccccc1)C(=O)O. The molecule has 178 valence electrons. The molecule has 0 saturated carbocycles. The van der Waals surface area contributed by atoms with Crippen LogP contribution in [0.1, 0.15) is 45.1 Å². The summed E-state index contributed by atoms with van der Waals surface area (Å²) >= 11 is 0. The maximum Gasteiger partial charge on any atom is 0.326 e. The number of aliphatic hydroxyl groups is 1. The molecule has 4 atom stereocenters. The van der Waals surface area contributed by atoms with Crippen LogP contribution in [-0.2, 0) is 25.6 Å². The number of hydrogen-bond acceptors (Lipinski definition) is 6. The van der Waals surface area contributed by atoms with Crippen molar-refractivity contribution in [2.45, 2.75) is 70.2 Å². The van der Waals surface area contributed by atoms with E-state index < -0.39 is 54.4 Å². The number of benzene rings is 1. The number of nitrogens with one attached hydrogen (secondary N) is 2. The Kier molecular flexibility index (Phi) is 11.4. The van der Waals surface area contributed by atoms with Crippen LogP contribution < -0.4 is 16.4 Å². The number of carboxylic acids is 2. The molecule has 0 aliphatic carbocycles. The number of rotatable bonds is 14. The number of hydrogen-bond donors (Lipinski definition) is 6. The van der Waals surface area contributed by atoms with Gasteiger partial charge < -0.3 is 31.7 Å². The summed E-state index contributed by atoms with van der Waals surface area (Å²) in [4.78, 5) is 47.6. The molecular weight excluding hydrogens is 418 g/mol. The third-order valence-electron chi connectivity index (χ3n) is 4.83. The Hall–Kier alpha value is -2.98. The molecule has 0 aliphatic heterocycles. The van der Waals surface area contributed by atoms with Gasteiger partial charge in [-0.15, -0.1) is 0 Å². The molecule has 10 heteroatoms. The van der Waals surface area contributed by atoms with E-state index in [1.165, 1.54) is 0 Å². The van der Waals surface area contributed by atoms with Crippen molar-refractivity contribution >= 4 is 23.8 Å². The summed E-state index contributed by atoms with van der Waals surface area (Å²) in [6, 6.07) is 5.51. The van der Waals surface area contributed by atoms with Crippen LogP contribution in [0.3, 0.4) is 0 Å². The predicted molar refractivity (Wildman–Crippen MR) is 117 cm³/mol. The summed E-state index contributed by atoms with van der Waals surface area (Å²) in [6.07, 6.45) is -1.63. The third-order valence-corrected chi connectivity index (χ3v) is 4.83. The van der Waals surface area contributed by atoms with Gasteiger partial charge in [0.05, 0.1) is 12.5 Å². The summed E-state index contributed by atoms with van der Waals surface area (Å²) in [5.41, 5.74) is 6.56. The van der Waals surface area contributed by atoms with Gasteiger partial charge in [0.25, 0.3) is 0 Å². The van der Waals surface area contributed by atoms with Crippen LogP contribution in [0.2, 0.25) is 0 Å². The van der Waals surface area contributed by atoms with Crippen molar-refractivity contribution in [3.8, 4) is 0 Å². The Labute approximate surface area is 187 Å². The number of nitrogens with two attached hydrogens (primary N) is 1. The quantitative estimate of drug-likeness (QED) is 0.233. The highest BCUT2D eigenvalue weighted by Gasteiger charge is 2.28. The average Bonchev–Trinajstić information content (AvgIpc) is 2.70. The number of aliphatic hydroxyl groups excluding tert-OH is 1. The highest BCUT2D eigenvalue weighted by Crippen LogP contribution is 2.10. The van der Waals surface area contributed by atoms with E-state index in [0.717, 1.165) is 0 Å². The van der Waals surface area contributed by atoms with Crippen molar-refractivity contribution in [3.05, 3.63) is 35.9 Å². The first kappa shape index (κ1) is 27.1. The van der Waals surface area contributed by atoms with Gasteiger partial charge in [0.1, 0.15) is 12.1 Å². The van der Waals surface area contributed by atoms with Gasteiger partial charge in [0, 0.05) is 18.9 Å².